The number of carbonyl (C=O) groups excluding carboxylic acids is 3. The summed E-state index contributed by atoms with van der Waals surface area (Å²) < 4.78 is 28.1. The van der Waals surface area contributed by atoms with E-state index in [2.05, 4.69) is 10.2 Å². The first-order valence-electron chi connectivity index (χ1n) is 12.0. The summed E-state index contributed by atoms with van der Waals surface area (Å²) in [5.74, 6) is 3.03. The highest BCUT2D eigenvalue weighted by molar-refractivity contribution is 6.05. The van der Waals surface area contributed by atoms with Gasteiger partial charge in [-0.15, -0.1) is 0 Å². The molecule has 2 amide bonds. The molecule has 0 spiro atoms. The number of para-hydroxylation sites is 1. The number of halogens is 2. The summed E-state index contributed by atoms with van der Waals surface area (Å²) in [6.45, 7) is 3.71. The topological polar surface area (TPSA) is 136 Å². The van der Waals surface area contributed by atoms with Gasteiger partial charge in [0, 0.05) is 32.2 Å². The van der Waals surface area contributed by atoms with Crippen molar-refractivity contribution in [1.29, 1.82) is 0 Å². The van der Waals surface area contributed by atoms with Crippen molar-refractivity contribution < 1.29 is 33.1 Å². The number of nitrogens with zero attached hydrogens (tertiary/aromatic N) is 3. The zero-order valence-corrected chi connectivity index (χ0v) is 21.1. The van der Waals surface area contributed by atoms with Crippen molar-refractivity contribution >= 4 is 30.3 Å². The lowest BCUT2D eigenvalue weighted by molar-refractivity contribution is -0.113. The molecule has 10 nitrogen and oxygen atoms in total. The summed E-state index contributed by atoms with van der Waals surface area (Å²) in [5.41, 5.74) is 1.47. The Bertz CT molecular complexity index is 1180. The smallest absolute Gasteiger partial charge is 0.407 e. The van der Waals surface area contributed by atoms with E-state index in [4.69, 9.17) is 10.9 Å². The van der Waals surface area contributed by atoms with Crippen LogP contribution < -0.4 is 16.2 Å². The maximum absolute atomic E-state index is 14.1. The minimum Gasteiger partial charge on any atom is -0.465 e. The molecule has 3 rings (SSSR count). The number of anilines is 1. The van der Waals surface area contributed by atoms with Crippen molar-refractivity contribution in [2.24, 2.45) is 11.8 Å². The third kappa shape index (κ3) is 6.57. The Morgan fingerprint density at radius 3 is 2.39 bits per heavy atom. The van der Waals surface area contributed by atoms with Crippen molar-refractivity contribution in [2.45, 2.75) is 38.5 Å². The largest absolute Gasteiger partial charge is 0.465 e. The van der Waals surface area contributed by atoms with Crippen LogP contribution in [0.15, 0.2) is 36.4 Å². The van der Waals surface area contributed by atoms with Crippen molar-refractivity contribution in [3.05, 3.63) is 64.7 Å². The zero-order chi connectivity index (χ0) is 28.0. The molecule has 0 fully saturated rings. The molecular weight excluding hydrogens is 500 g/mol. The average molecular weight is 532 g/mol. The standard InChI is InChI=1S/C26H31F2N5O5/c1-16(23(15-35)30-11-20(14-34)31(2)26(37)38)8-9-32-12-18-7-6-17(10-19(18)13-32)25(36)33(29)24-21(27)4-3-5-22(24)28/h3-7,10,14-16,20,23,30H,8-9,11-13,29H2,1-2H3,(H,37,38)/t16-,20-,23+/m0/s1. The summed E-state index contributed by atoms with van der Waals surface area (Å²) in [6.07, 6.45) is 0.669. The van der Waals surface area contributed by atoms with E-state index in [0.29, 0.717) is 37.4 Å². The number of nitrogens with one attached hydrogen (secondary N) is 1. The Kier molecular flexibility index (Phi) is 9.61. The molecule has 0 saturated heterocycles. The highest BCUT2D eigenvalue weighted by Gasteiger charge is 2.26. The van der Waals surface area contributed by atoms with Crippen molar-refractivity contribution in [2.75, 3.05) is 25.1 Å². The van der Waals surface area contributed by atoms with E-state index in [-0.39, 0.29) is 18.0 Å². The number of benzene rings is 2. The maximum atomic E-state index is 14.1. The second kappa shape index (κ2) is 12.7. The molecule has 0 saturated carbocycles. The number of carbonyl (C=O) groups is 4. The summed E-state index contributed by atoms with van der Waals surface area (Å²) in [7, 11) is 1.29. The Labute approximate surface area is 219 Å². The molecule has 204 valence electrons. The molecule has 4 N–H and O–H groups in total. The second-order valence-corrected chi connectivity index (χ2v) is 9.37. The lowest BCUT2D eigenvalue weighted by Crippen LogP contribution is -2.48. The molecule has 3 atom stereocenters. The molecule has 0 unspecified atom stereocenters. The summed E-state index contributed by atoms with van der Waals surface area (Å²) in [5, 5.41) is 12.5. The number of hydrogen-bond donors (Lipinski definition) is 3. The summed E-state index contributed by atoms with van der Waals surface area (Å²) in [4.78, 5) is 49.8. The molecule has 2 aromatic rings. The van der Waals surface area contributed by atoms with Crippen LogP contribution in [0.1, 0.15) is 34.8 Å². The van der Waals surface area contributed by atoms with Crippen LogP contribution in [-0.2, 0) is 22.7 Å². The monoisotopic (exact) mass is 531 g/mol. The lowest BCUT2D eigenvalue weighted by Gasteiger charge is -2.26. The number of hydrazine groups is 1. The van der Waals surface area contributed by atoms with Crippen LogP contribution in [0.2, 0.25) is 0 Å². The number of hydrogen-bond acceptors (Lipinski definition) is 7. The quantitative estimate of drug-likeness (QED) is 0.164. The van der Waals surface area contributed by atoms with Crippen LogP contribution in [0.25, 0.3) is 0 Å². The number of aldehydes is 2. The van der Waals surface area contributed by atoms with E-state index in [1.54, 1.807) is 18.2 Å². The van der Waals surface area contributed by atoms with Gasteiger partial charge in [0.1, 0.15) is 24.3 Å². The Balaban J connectivity index is 1.57. The van der Waals surface area contributed by atoms with E-state index in [1.807, 2.05) is 6.92 Å². The highest BCUT2D eigenvalue weighted by Crippen LogP contribution is 2.27. The van der Waals surface area contributed by atoms with E-state index in [9.17, 15) is 28.0 Å². The first kappa shape index (κ1) is 28.8. The van der Waals surface area contributed by atoms with E-state index < -0.39 is 41.4 Å². The Morgan fingerprint density at radius 1 is 1.13 bits per heavy atom. The van der Waals surface area contributed by atoms with Crippen molar-refractivity contribution in [3.63, 3.8) is 0 Å². The van der Waals surface area contributed by atoms with Crippen LogP contribution >= 0.6 is 0 Å². The van der Waals surface area contributed by atoms with E-state index in [0.717, 1.165) is 34.4 Å². The van der Waals surface area contributed by atoms with Gasteiger partial charge in [0.2, 0.25) is 0 Å². The fourth-order valence-corrected chi connectivity index (χ4v) is 4.34. The minimum atomic E-state index is -1.24. The van der Waals surface area contributed by atoms with Gasteiger partial charge in [-0.2, -0.15) is 0 Å². The molecule has 38 heavy (non-hydrogen) atoms. The molecule has 12 heteroatoms. The molecule has 0 radical (unpaired) electrons. The summed E-state index contributed by atoms with van der Waals surface area (Å²) >= 11 is 0. The average Bonchev–Trinajstić information content (AvgIpc) is 3.31. The molecule has 1 aliphatic heterocycles. The van der Waals surface area contributed by atoms with Gasteiger partial charge in [-0.3, -0.25) is 9.69 Å². The fourth-order valence-electron chi connectivity index (χ4n) is 4.34. The molecule has 2 aromatic carbocycles. The second-order valence-electron chi connectivity index (χ2n) is 9.37. The molecule has 1 aliphatic rings. The third-order valence-electron chi connectivity index (χ3n) is 6.82. The van der Waals surface area contributed by atoms with Gasteiger partial charge in [-0.25, -0.2) is 24.4 Å². The van der Waals surface area contributed by atoms with E-state index >= 15 is 0 Å². The number of amides is 2. The summed E-state index contributed by atoms with van der Waals surface area (Å²) in [6, 6.07) is 6.76. The van der Waals surface area contributed by atoms with Gasteiger partial charge < -0.3 is 24.9 Å². The first-order valence-corrected chi connectivity index (χ1v) is 12.0. The minimum absolute atomic E-state index is 0.0148. The van der Waals surface area contributed by atoms with Gasteiger partial charge >= 0.3 is 6.09 Å². The number of carboxylic acid groups (broad SMARTS) is 1. The zero-order valence-electron chi connectivity index (χ0n) is 21.1. The molecule has 0 aliphatic carbocycles. The van der Waals surface area contributed by atoms with Gasteiger partial charge in [0.25, 0.3) is 5.91 Å². The van der Waals surface area contributed by atoms with Gasteiger partial charge in [0.05, 0.1) is 6.04 Å². The van der Waals surface area contributed by atoms with Crippen LogP contribution in [0.3, 0.4) is 0 Å². The van der Waals surface area contributed by atoms with E-state index in [1.165, 1.54) is 13.1 Å². The SMILES string of the molecule is C[C@@H](CCN1Cc2ccc(C(=O)N(N)c3c(F)cccc3F)cc2C1)[C@@H](C=O)NC[C@@H](C=O)N(C)C(=O)O. The molecular formula is C26H31F2N5O5. The van der Waals surface area contributed by atoms with Crippen LogP contribution in [0, 0.1) is 17.6 Å². The maximum Gasteiger partial charge on any atom is 0.407 e. The number of fused-ring (bicyclic) bond motifs is 1. The predicted octanol–water partition coefficient (Wildman–Crippen LogP) is 2.16. The fraction of sp³-hybridized carbons (Fsp3) is 0.385. The van der Waals surface area contributed by atoms with Crippen LogP contribution in [0.5, 0.6) is 0 Å². The Hall–Kier alpha value is -3.74. The van der Waals surface area contributed by atoms with Gasteiger partial charge in [-0.1, -0.05) is 19.1 Å². The molecule has 0 aromatic heterocycles. The van der Waals surface area contributed by atoms with Crippen molar-refractivity contribution in [3.8, 4) is 0 Å². The van der Waals surface area contributed by atoms with Gasteiger partial charge in [0.15, 0.2) is 11.6 Å². The highest BCUT2D eigenvalue weighted by atomic mass is 19.1. The molecule has 1 heterocycles. The normalized spacial score (nSPS) is 15.3. The Morgan fingerprint density at radius 2 is 1.79 bits per heavy atom. The van der Waals surface area contributed by atoms with Gasteiger partial charge in [-0.05, 0) is 54.3 Å². The predicted molar refractivity (Wildman–Crippen MR) is 135 cm³/mol. The number of rotatable bonds is 12. The van der Waals surface area contributed by atoms with Crippen molar-refractivity contribution in [1.82, 2.24) is 15.1 Å². The number of likely N-dealkylation sites (N-methyl/N-ethyl adjacent to an activating group) is 1. The lowest BCUT2D eigenvalue weighted by atomic mass is 9.98. The molecule has 0 bridgehead atoms. The number of nitrogens with two attached hydrogens (primary N) is 1. The first-order chi connectivity index (χ1) is 18.1. The third-order valence-corrected chi connectivity index (χ3v) is 6.82. The van der Waals surface area contributed by atoms with Crippen LogP contribution in [-0.4, -0.2) is 71.7 Å². The van der Waals surface area contributed by atoms with Crippen LogP contribution in [0.4, 0.5) is 19.3 Å².